The number of piperidine rings is 1. The highest BCUT2D eigenvalue weighted by Crippen LogP contribution is 2.27. The molecule has 1 aliphatic heterocycles. The monoisotopic (exact) mass is 378 g/mol. The molecule has 3 aromatic rings. The van der Waals surface area contributed by atoms with E-state index in [2.05, 4.69) is 35.2 Å². The van der Waals surface area contributed by atoms with Gasteiger partial charge in [0, 0.05) is 42.7 Å². The molecule has 0 bridgehead atoms. The van der Waals surface area contributed by atoms with Crippen LogP contribution in [0.2, 0.25) is 0 Å². The maximum Gasteiger partial charge on any atom is 0.165 e. The van der Waals surface area contributed by atoms with Gasteiger partial charge in [-0.15, -0.1) is 0 Å². The standard InChI is InChI=1S/C24H27FN2O/c1-26-17-22(21-15-20(25)8-9-23(21)26)24(28)10-7-18-11-13-27(14-12-18)16-19-5-3-2-4-6-19/h2-6,8-9,15,17-18H,7,10-14,16H2,1H3. The van der Waals surface area contributed by atoms with Gasteiger partial charge in [-0.2, -0.15) is 0 Å². The zero-order valence-corrected chi connectivity index (χ0v) is 16.4. The molecule has 28 heavy (non-hydrogen) atoms. The molecule has 0 spiro atoms. The number of carbonyl (C=O) groups excluding carboxylic acids is 1. The van der Waals surface area contributed by atoms with Gasteiger partial charge in [-0.05, 0) is 62.0 Å². The fraction of sp³-hybridized carbons (Fsp3) is 0.375. The van der Waals surface area contributed by atoms with Gasteiger partial charge in [-0.1, -0.05) is 30.3 Å². The summed E-state index contributed by atoms with van der Waals surface area (Å²) in [5.74, 6) is 0.434. The SMILES string of the molecule is Cn1cc(C(=O)CCC2CCN(Cc3ccccc3)CC2)c2cc(F)ccc21. The van der Waals surface area contributed by atoms with Crippen LogP contribution in [0.3, 0.4) is 0 Å². The molecule has 1 saturated heterocycles. The summed E-state index contributed by atoms with van der Waals surface area (Å²) in [7, 11) is 1.90. The Hall–Kier alpha value is -2.46. The summed E-state index contributed by atoms with van der Waals surface area (Å²) in [5.41, 5.74) is 2.91. The van der Waals surface area contributed by atoms with E-state index >= 15 is 0 Å². The summed E-state index contributed by atoms with van der Waals surface area (Å²) in [5, 5.41) is 0.727. The van der Waals surface area contributed by atoms with E-state index < -0.39 is 0 Å². The van der Waals surface area contributed by atoms with E-state index in [9.17, 15) is 9.18 Å². The van der Waals surface area contributed by atoms with Crippen LogP contribution in [0.25, 0.3) is 10.9 Å². The molecule has 0 atom stereocenters. The van der Waals surface area contributed by atoms with Gasteiger partial charge in [0.25, 0.3) is 0 Å². The molecule has 0 aliphatic carbocycles. The molecule has 0 radical (unpaired) electrons. The number of carbonyl (C=O) groups is 1. The molecule has 2 heterocycles. The smallest absolute Gasteiger partial charge is 0.165 e. The largest absolute Gasteiger partial charge is 0.350 e. The molecule has 0 N–H and O–H groups in total. The predicted octanol–water partition coefficient (Wildman–Crippen LogP) is 5.19. The number of rotatable bonds is 6. The van der Waals surface area contributed by atoms with Crippen molar-refractivity contribution in [2.24, 2.45) is 13.0 Å². The molecule has 146 valence electrons. The van der Waals surface area contributed by atoms with Gasteiger partial charge in [0.2, 0.25) is 0 Å². The molecule has 4 rings (SSSR count). The molecule has 1 aromatic heterocycles. The third-order valence-electron chi connectivity index (χ3n) is 5.99. The van der Waals surface area contributed by atoms with E-state index in [-0.39, 0.29) is 11.6 Å². The van der Waals surface area contributed by atoms with Crippen LogP contribution in [0.1, 0.15) is 41.6 Å². The van der Waals surface area contributed by atoms with Gasteiger partial charge >= 0.3 is 0 Å². The average molecular weight is 378 g/mol. The Balaban J connectivity index is 1.31. The first-order valence-corrected chi connectivity index (χ1v) is 10.1. The zero-order chi connectivity index (χ0) is 19.5. The van der Waals surface area contributed by atoms with E-state index in [1.807, 2.05) is 17.8 Å². The van der Waals surface area contributed by atoms with Crippen molar-refractivity contribution in [3.63, 3.8) is 0 Å². The number of fused-ring (bicyclic) bond motifs is 1. The lowest BCUT2D eigenvalue weighted by Gasteiger charge is -2.31. The topological polar surface area (TPSA) is 25.2 Å². The summed E-state index contributed by atoms with van der Waals surface area (Å²) in [6.45, 7) is 3.19. The Bertz CT molecular complexity index is 955. The third kappa shape index (κ3) is 4.17. The summed E-state index contributed by atoms with van der Waals surface area (Å²) in [6, 6.07) is 15.3. The van der Waals surface area contributed by atoms with Crippen molar-refractivity contribution < 1.29 is 9.18 Å². The molecule has 3 nitrogen and oxygen atoms in total. The summed E-state index contributed by atoms with van der Waals surface area (Å²) < 4.78 is 15.5. The third-order valence-corrected chi connectivity index (χ3v) is 5.99. The predicted molar refractivity (Wildman–Crippen MR) is 111 cm³/mol. The van der Waals surface area contributed by atoms with Crippen molar-refractivity contribution >= 4 is 16.7 Å². The van der Waals surface area contributed by atoms with E-state index in [0.717, 1.165) is 49.8 Å². The summed E-state index contributed by atoms with van der Waals surface area (Å²) in [4.78, 5) is 15.3. The van der Waals surface area contributed by atoms with Crippen LogP contribution in [0.15, 0.2) is 54.7 Å². The second-order valence-corrected chi connectivity index (χ2v) is 7.98. The lowest BCUT2D eigenvalue weighted by molar-refractivity contribution is 0.0963. The van der Waals surface area contributed by atoms with Crippen LogP contribution >= 0.6 is 0 Å². The van der Waals surface area contributed by atoms with Crippen molar-refractivity contribution in [3.05, 3.63) is 71.7 Å². The van der Waals surface area contributed by atoms with Gasteiger partial charge < -0.3 is 4.57 Å². The second kappa shape index (κ2) is 8.27. The molecule has 0 unspecified atom stereocenters. The van der Waals surface area contributed by atoms with Gasteiger partial charge in [0.15, 0.2) is 5.78 Å². The Kier molecular flexibility index (Phi) is 5.58. The molecule has 4 heteroatoms. The maximum absolute atomic E-state index is 13.6. The molecule has 1 fully saturated rings. The molecule has 2 aromatic carbocycles. The Labute approximate surface area is 165 Å². The highest BCUT2D eigenvalue weighted by molar-refractivity contribution is 6.08. The number of benzene rings is 2. The van der Waals surface area contributed by atoms with E-state index in [1.165, 1.54) is 17.7 Å². The quantitative estimate of drug-likeness (QED) is 0.551. The van der Waals surface area contributed by atoms with Crippen LogP contribution in [-0.2, 0) is 13.6 Å². The highest BCUT2D eigenvalue weighted by Gasteiger charge is 2.21. The van der Waals surface area contributed by atoms with Crippen molar-refractivity contribution in [3.8, 4) is 0 Å². The van der Waals surface area contributed by atoms with E-state index in [1.54, 1.807) is 6.07 Å². The first-order valence-electron chi connectivity index (χ1n) is 10.1. The van der Waals surface area contributed by atoms with E-state index in [4.69, 9.17) is 0 Å². The maximum atomic E-state index is 13.6. The molecule has 1 aliphatic rings. The van der Waals surface area contributed by atoms with Crippen LogP contribution in [0, 0.1) is 11.7 Å². The fourth-order valence-electron chi connectivity index (χ4n) is 4.33. The van der Waals surface area contributed by atoms with Crippen LogP contribution in [0.4, 0.5) is 4.39 Å². The molecular formula is C24H27FN2O. The van der Waals surface area contributed by atoms with Gasteiger partial charge in [-0.3, -0.25) is 9.69 Å². The summed E-state index contributed by atoms with van der Waals surface area (Å²) >= 11 is 0. The molecule has 0 amide bonds. The number of nitrogens with zero attached hydrogens (tertiary/aromatic N) is 2. The number of hydrogen-bond donors (Lipinski definition) is 0. The lowest BCUT2D eigenvalue weighted by Crippen LogP contribution is -2.33. The highest BCUT2D eigenvalue weighted by atomic mass is 19.1. The van der Waals surface area contributed by atoms with Crippen molar-refractivity contribution in [2.45, 2.75) is 32.2 Å². The second-order valence-electron chi connectivity index (χ2n) is 7.98. The lowest BCUT2D eigenvalue weighted by atomic mass is 9.90. The number of halogens is 1. The number of aryl methyl sites for hydroxylation is 1. The Morgan fingerprint density at radius 2 is 1.86 bits per heavy atom. The molecule has 0 saturated carbocycles. The number of ketones is 1. The first kappa shape index (κ1) is 18.9. The summed E-state index contributed by atoms with van der Waals surface area (Å²) in [6.07, 6.45) is 5.59. The fourth-order valence-corrected chi connectivity index (χ4v) is 4.33. The minimum Gasteiger partial charge on any atom is -0.350 e. The minimum atomic E-state index is -0.293. The number of Topliss-reactive ketones (excluding diaryl/α,β-unsaturated/α-hetero) is 1. The van der Waals surface area contributed by atoms with Crippen LogP contribution in [0.5, 0.6) is 0 Å². The van der Waals surface area contributed by atoms with Crippen LogP contribution in [-0.4, -0.2) is 28.3 Å². The van der Waals surface area contributed by atoms with Crippen molar-refractivity contribution in [1.29, 1.82) is 0 Å². The van der Waals surface area contributed by atoms with Crippen molar-refractivity contribution in [1.82, 2.24) is 9.47 Å². The molecular weight excluding hydrogens is 351 g/mol. The van der Waals surface area contributed by atoms with Crippen LogP contribution < -0.4 is 0 Å². The average Bonchev–Trinajstić information content (AvgIpc) is 3.04. The number of likely N-dealkylation sites (tertiary alicyclic amines) is 1. The number of aromatic nitrogens is 1. The van der Waals surface area contributed by atoms with E-state index in [0.29, 0.717) is 17.9 Å². The van der Waals surface area contributed by atoms with Gasteiger partial charge in [0.05, 0.1) is 0 Å². The first-order chi connectivity index (χ1) is 13.6. The van der Waals surface area contributed by atoms with Gasteiger partial charge in [-0.25, -0.2) is 4.39 Å². The zero-order valence-electron chi connectivity index (χ0n) is 16.4. The van der Waals surface area contributed by atoms with Gasteiger partial charge in [0.1, 0.15) is 5.82 Å². The Morgan fingerprint density at radius 1 is 1.11 bits per heavy atom. The Morgan fingerprint density at radius 3 is 2.61 bits per heavy atom. The minimum absolute atomic E-state index is 0.128. The normalized spacial score (nSPS) is 15.9. The number of hydrogen-bond acceptors (Lipinski definition) is 2. The van der Waals surface area contributed by atoms with Crippen molar-refractivity contribution in [2.75, 3.05) is 13.1 Å².